The van der Waals surface area contributed by atoms with Gasteiger partial charge in [-0.25, -0.2) is 0 Å². The first-order valence-electron chi connectivity index (χ1n) is 6.65. The predicted octanol–water partition coefficient (Wildman–Crippen LogP) is 4.78. The van der Waals surface area contributed by atoms with E-state index in [1.165, 1.54) is 0 Å². The fourth-order valence-corrected chi connectivity index (χ4v) is 2.89. The molecule has 1 N–H and O–H groups in total. The Morgan fingerprint density at radius 3 is 2.81 bits per heavy atom. The molecular weight excluding hydrogens is 309 g/mol. The van der Waals surface area contributed by atoms with Crippen molar-refractivity contribution in [3.8, 4) is 5.75 Å². The van der Waals surface area contributed by atoms with Crippen LogP contribution in [0, 0.1) is 6.92 Å². The lowest BCUT2D eigenvalue weighted by atomic mass is 10.1. The topological polar surface area (TPSA) is 30.5 Å². The van der Waals surface area contributed by atoms with E-state index in [2.05, 4.69) is 5.32 Å². The van der Waals surface area contributed by atoms with E-state index < -0.39 is 0 Å². The summed E-state index contributed by atoms with van der Waals surface area (Å²) < 4.78 is 10.9. The third-order valence-electron chi connectivity index (χ3n) is 3.41. The maximum absolute atomic E-state index is 6.16. The highest BCUT2D eigenvalue weighted by atomic mass is 35.5. The molecule has 0 amide bonds. The zero-order valence-corrected chi connectivity index (χ0v) is 13.1. The summed E-state index contributed by atoms with van der Waals surface area (Å²) in [5.41, 5.74) is 4.15. The number of nitrogens with one attached hydrogen (secondary N) is 1. The minimum absolute atomic E-state index is 0.279. The Morgan fingerprint density at radius 1 is 1.14 bits per heavy atom. The third-order valence-corrected chi connectivity index (χ3v) is 3.86. The van der Waals surface area contributed by atoms with Crippen LogP contribution in [0.25, 0.3) is 0 Å². The first kappa shape index (κ1) is 14.5. The van der Waals surface area contributed by atoms with Gasteiger partial charge in [0.25, 0.3) is 0 Å². The molecule has 0 fully saturated rings. The van der Waals surface area contributed by atoms with Crippen LogP contribution in [-0.2, 0) is 17.9 Å². The molecular formula is C16H15Cl2NO2. The predicted molar refractivity (Wildman–Crippen MR) is 85.3 cm³/mol. The lowest BCUT2D eigenvalue weighted by Crippen LogP contribution is -2.14. The molecule has 1 aliphatic rings. The number of aryl methyl sites for hydroxylation is 1. The van der Waals surface area contributed by atoms with Crippen LogP contribution in [0.15, 0.2) is 30.3 Å². The molecule has 0 aromatic heterocycles. The van der Waals surface area contributed by atoms with Gasteiger partial charge in [-0.3, -0.25) is 0 Å². The second-order valence-electron chi connectivity index (χ2n) is 4.98. The van der Waals surface area contributed by atoms with Crippen LogP contribution in [0.1, 0.15) is 16.7 Å². The molecule has 0 saturated heterocycles. The summed E-state index contributed by atoms with van der Waals surface area (Å²) in [4.78, 5) is 0. The number of halogens is 2. The minimum atomic E-state index is 0.279. The summed E-state index contributed by atoms with van der Waals surface area (Å²) in [6.45, 7) is 3.46. The summed E-state index contributed by atoms with van der Waals surface area (Å²) >= 11 is 12.1. The van der Waals surface area contributed by atoms with Gasteiger partial charge >= 0.3 is 0 Å². The number of fused-ring (bicyclic) bond motifs is 1. The minimum Gasteiger partial charge on any atom is -0.467 e. The van der Waals surface area contributed by atoms with Gasteiger partial charge in [0.2, 0.25) is 0 Å². The van der Waals surface area contributed by atoms with E-state index in [-0.39, 0.29) is 6.79 Å². The Morgan fingerprint density at radius 2 is 2.00 bits per heavy atom. The molecule has 0 aliphatic carbocycles. The van der Waals surface area contributed by atoms with Crippen LogP contribution < -0.4 is 10.1 Å². The molecule has 3 rings (SSSR count). The van der Waals surface area contributed by atoms with Gasteiger partial charge in [-0.05, 0) is 42.8 Å². The third kappa shape index (κ3) is 3.26. The molecule has 2 aromatic carbocycles. The molecule has 0 atom stereocenters. The second-order valence-corrected chi connectivity index (χ2v) is 5.85. The first-order valence-corrected chi connectivity index (χ1v) is 7.41. The van der Waals surface area contributed by atoms with Gasteiger partial charge in [-0.2, -0.15) is 0 Å². The molecule has 0 bridgehead atoms. The molecule has 0 spiro atoms. The largest absolute Gasteiger partial charge is 0.467 e. The van der Waals surface area contributed by atoms with E-state index in [1.54, 1.807) is 0 Å². The Hall–Kier alpha value is -1.42. The molecule has 110 valence electrons. The van der Waals surface area contributed by atoms with Gasteiger partial charge in [-0.1, -0.05) is 23.2 Å². The van der Waals surface area contributed by atoms with Gasteiger partial charge in [0, 0.05) is 33.4 Å². The quantitative estimate of drug-likeness (QED) is 0.881. The zero-order valence-electron chi connectivity index (χ0n) is 11.6. The van der Waals surface area contributed by atoms with Crippen LogP contribution in [0.3, 0.4) is 0 Å². The van der Waals surface area contributed by atoms with E-state index in [0.29, 0.717) is 18.2 Å². The van der Waals surface area contributed by atoms with Crippen molar-refractivity contribution in [1.82, 2.24) is 0 Å². The smallest absolute Gasteiger partial charge is 0.189 e. The van der Waals surface area contributed by atoms with Crippen molar-refractivity contribution < 1.29 is 9.47 Å². The van der Waals surface area contributed by atoms with E-state index in [1.807, 2.05) is 37.3 Å². The summed E-state index contributed by atoms with van der Waals surface area (Å²) in [5.74, 6) is 0.866. The fraction of sp³-hybridized carbons (Fsp3) is 0.250. The van der Waals surface area contributed by atoms with Gasteiger partial charge in [-0.15, -0.1) is 0 Å². The van der Waals surface area contributed by atoms with E-state index in [9.17, 15) is 0 Å². The highest BCUT2D eigenvalue weighted by Crippen LogP contribution is 2.32. The van der Waals surface area contributed by atoms with Crippen LogP contribution >= 0.6 is 23.2 Å². The van der Waals surface area contributed by atoms with Gasteiger partial charge in [0.1, 0.15) is 5.75 Å². The van der Waals surface area contributed by atoms with Crippen LogP contribution in [0.2, 0.25) is 10.0 Å². The second kappa shape index (κ2) is 6.14. The standard InChI is InChI=1S/C16H15Cl2NO2/c1-10-4-13(17)2-3-15(10)19-7-11-5-14(18)6-12-8-20-9-21-16(11)12/h2-6,19H,7-9H2,1H3. The van der Waals surface area contributed by atoms with Crippen LogP contribution in [0.4, 0.5) is 5.69 Å². The van der Waals surface area contributed by atoms with Crippen LogP contribution in [0.5, 0.6) is 5.75 Å². The molecule has 21 heavy (non-hydrogen) atoms. The number of hydrogen-bond donors (Lipinski definition) is 1. The number of anilines is 1. The van der Waals surface area contributed by atoms with Crippen molar-refractivity contribution in [1.29, 1.82) is 0 Å². The molecule has 1 aliphatic heterocycles. The average Bonchev–Trinajstić information content (AvgIpc) is 2.46. The molecule has 1 heterocycles. The maximum Gasteiger partial charge on any atom is 0.189 e. The lowest BCUT2D eigenvalue weighted by molar-refractivity contribution is -0.0169. The Kier molecular flexibility index (Phi) is 4.24. The Labute approximate surface area is 133 Å². The van der Waals surface area contributed by atoms with Crippen molar-refractivity contribution in [3.63, 3.8) is 0 Å². The number of hydrogen-bond acceptors (Lipinski definition) is 3. The van der Waals surface area contributed by atoms with E-state index in [4.69, 9.17) is 32.7 Å². The Bertz CT molecular complexity index is 674. The van der Waals surface area contributed by atoms with Crippen LogP contribution in [-0.4, -0.2) is 6.79 Å². The number of rotatable bonds is 3. The van der Waals surface area contributed by atoms with Crippen molar-refractivity contribution in [2.45, 2.75) is 20.1 Å². The summed E-state index contributed by atoms with van der Waals surface area (Å²) in [6.07, 6.45) is 0. The Balaban J connectivity index is 1.83. The number of ether oxygens (including phenoxy) is 2. The maximum atomic E-state index is 6.16. The van der Waals surface area contributed by atoms with Crippen molar-refractivity contribution in [2.75, 3.05) is 12.1 Å². The average molecular weight is 324 g/mol. The summed E-state index contributed by atoms with van der Waals surface area (Å²) in [7, 11) is 0. The molecule has 0 saturated carbocycles. The summed E-state index contributed by atoms with van der Waals surface area (Å²) in [5, 5.41) is 4.82. The molecule has 0 radical (unpaired) electrons. The first-order chi connectivity index (χ1) is 10.1. The molecule has 0 unspecified atom stereocenters. The van der Waals surface area contributed by atoms with Crippen molar-refractivity contribution in [3.05, 3.63) is 57.1 Å². The lowest BCUT2D eigenvalue weighted by Gasteiger charge is -2.21. The molecule has 5 heteroatoms. The highest BCUT2D eigenvalue weighted by molar-refractivity contribution is 6.31. The summed E-state index contributed by atoms with van der Waals surface area (Å²) in [6, 6.07) is 9.58. The monoisotopic (exact) mass is 323 g/mol. The van der Waals surface area contributed by atoms with Gasteiger partial charge < -0.3 is 14.8 Å². The molecule has 3 nitrogen and oxygen atoms in total. The van der Waals surface area contributed by atoms with Gasteiger partial charge in [0.05, 0.1) is 6.61 Å². The number of benzene rings is 2. The highest BCUT2D eigenvalue weighted by Gasteiger charge is 2.16. The normalized spacial score (nSPS) is 13.5. The molecule has 2 aromatic rings. The van der Waals surface area contributed by atoms with E-state index >= 15 is 0 Å². The van der Waals surface area contributed by atoms with Crippen molar-refractivity contribution in [2.24, 2.45) is 0 Å². The SMILES string of the molecule is Cc1cc(Cl)ccc1NCc1cc(Cl)cc2c1OCOC2. The van der Waals surface area contributed by atoms with Gasteiger partial charge in [0.15, 0.2) is 6.79 Å². The fourth-order valence-electron chi connectivity index (χ4n) is 2.40. The van der Waals surface area contributed by atoms with Crippen molar-refractivity contribution >= 4 is 28.9 Å². The van der Waals surface area contributed by atoms with E-state index in [0.717, 1.165) is 33.1 Å². The zero-order chi connectivity index (χ0) is 14.8.